The molecule has 0 N–H and O–H groups in total. The van der Waals surface area contributed by atoms with Gasteiger partial charge in [-0.25, -0.2) is 0 Å². The smallest absolute Gasteiger partial charge is 0.325 e. The van der Waals surface area contributed by atoms with E-state index in [1.165, 1.54) is 10.5 Å². The second kappa shape index (κ2) is 9.80. The van der Waals surface area contributed by atoms with E-state index < -0.39 is 5.97 Å². The molecule has 1 aromatic rings. The number of benzene rings is 1. The van der Waals surface area contributed by atoms with Crippen LogP contribution in [0.4, 0.5) is 0 Å². The minimum absolute atomic E-state index is 0.0205. The first-order valence-corrected chi connectivity index (χ1v) is 9.27. The van der Waals surface area contributed by atoms with Gasteiger partial charge in [-0.15, -0.1) is 0 Å². The third-order valence-corrected chi connectivity index (χ3v) is 4.31. The number of halogens is 1. The molecule has 0 bridgehead atoms. The van der Waals surface area contributed by atoms with Crippen LogP contribution in [0.25, 0.3) is 0 Å². The molecule has 0 spiro atoms. The van der Waals surface area contributed by atoms with Gasteiger partial charge in [0, 0.05) is 13.5 Å². The molecule has 1 aromatic carbocycles. The van der Waals surface area contributed by atoms with Crippen molar-refractivity contribution in [1.29, 1.82) is 0 Å². The number of carbonyl (C=O) groups is 2. The molecule has 0 atom stereocenters. The fourth-order valence-electron chi connectivity index (χ4n) is 2.17. The lowest BCUT2D eigenvalue weighted by atomic mass is 9.87. The second-order valence-electron chi connectivity index (χ2n) is 6.90. The predicted molar refractivity (Wildman–Crippen MR) is 102 cm³/mol. The molecule has 0 aromatic heterocycles. The van der Waals surface area contributed by atoms with Gasteiger partial charge in [-0.05, 0) is 52.4 Å². The highest BCUT2D eigenvalue weighted by molar-refractivity contribution is 9.10. The number of rotatable bonds is 8. The van der Waals surface area contributed by atoms with Gasteiger partial charge < -0.3 is 14.4 Å². The van der Waals surface area contributed by atoms with Gasteiger partial charge in [0.05, 0.1) is 17.7 Å². The first kappa shape index (κ1) is 21.5. The highest BCUT2D eigenvalue weighted by atomic mass is 79.9. The van der Waals surface area contributed by atoms with Gasteiger partial charge in [0.15, 0.2) is 0 Å². The third-order valence-electron chi connectivity index (χ3n) is 3.69. The summed E-state index contributed by atoms with van der Waals surface area (Å²) in [5.74, 6) is 0.275. The molecule has 6 heteroatoms. The monoisotopic (exact) mass is 413 g/mol. The van der Waals surface area contributed by atoms with Crippen molar-refractivity contribution in [2.45, 2.75) is 46.0 Å². The van der Waals surface area contributed by atoms with Crippen molar-refractivity contribution in [2.75, 3.05) is 26.8 Å². The Morgan fingerprint density at radius 3 is 2.48 bits per heavy atom. The lowest BCUT2D eigenvalue weighted by Crippen LogP contribution is -2.33. The molecule has 0 fully saturated rings. The van der Waals surface area contributed by atoms with Crippen molar-refractivity contribution in [3.63, 3.8) is 0 Å². The van der Waals surface area contributed by atoms with Crippen LogP contribution < -0.4 is 4.74 Å². The van der Waals surface area contributed by atoms with Crippen molar-refractivity contribution in [3.05, 3.63) is 28.2 Å². The van der Waals surface area contributed by atoms with E-state index in [0.29, 0.717) is 26.1 Å². The van der Waals surface area contributed by atoms with Crippen LogP contribution in [0.2, 0.25) is 0 Å². The molecule has 0 saturated carbocycles. The first-order chi connectivity index (χ1) is 11.6. The minimum atomic E-state index is -0.391. The summed E-state index contributed by atoms with van der Waals surface area (Å²) in [5, 5.41) is 0. The van der Waals surface area contributed by atoms with Gasteiger partial charge in [0.1, 0.15) is 12.3 Å². The van der Waals surface area contributed by atoms with E-state index in [9.17, 15) is 9.59 Å². The van der Waals surface area contributed by atoms with Crippen LogP contribution in [0.1, 0.15) is 46.1 Å². The Morgan fingerprint density at radius 1 is 1.24 bits per heavy atom. The molecule has 1 rings (SSSR count). The van der Waals surface area contributed by atoms with Crippen LogP contribution in [0.15, 0.2) is 22.7 Å². The summed E-state index contributed by atoms with van der Waals surface area (Å²) >= 11 is 3.53. The van der Waals surface area contributed by atoms with E-state index in [0.717, 1.165) is 10.2 Å². The Labute approximate surface area is 158 Å². The van der Waals surface area contributed by atoms with E-state index in [-0.39, 0.29) is 17.9 Å². The third kappa shape index (κ3) is 7.46. The second-order valence-corrected chi connectivity index (χ2v) is 7.76. The van der Waals surface area contributed by atoms with Crippen LogP contribution >= 0.6 is 15.9 Å². The van der Waals surface area contributed by atoms with Gasteiger partial charge in [0.2, 0.25) is 5.91 Å². The van der Waals surface area contributed by atoms with E-state index in [1.54, 1.807) is 14.0 Å². The molecular formula is C19H28BrNO4. The van der Waals surface area contributed by atoms with Gasteiger partial charge in [0.25, 0.3) is 0 Å². The number of carbonyl (C=O) groups excluding carboxylic acids is 2. The van der Waals surface area contributed by atoms with Crippen molar-refractivity contribution in [3.8, 4) is 5.75 Å². The Hall–Kier alpha value is -1.56. The first-order valence-electron chi connectivity index (χ1n) is 8.47. The SMILES string of the molecule is CCOC(=O)CN(C)C(=O)CCCOc1ccc(C(C)(C)C)cc1Br. The van der Waals surface area contributed by atoms with Crippen LogP contribution in [0.3, 0.4) is 0 Å². The molecular weight excluding hydrogens is 386 g/mol. The number of esters is 1. The Kier molecular flexibility index (Phi) is 8.42. The van der Waals surface area contributed by atoms with Crippen LogP contribution in [0, 0.1) is 0 Å². The topological polar surface area (TPSA) is 55.8 Å². The largest absolute Gasteiger partial charge is 0.492 e. The molecule has 0 aliphatic carbocycles. The lowest BCUT2D eigenvalue weighted by Gasteiger charge is -2.20. The van der Waals surface area contributed by atoms with Crippen LogP contribution in [0.5, 0.6) is 5.75 Å². The molecule has 0 heterocycles. The zero-order valence-corrected chi connectivity index (χ0v) is 17.3. The predicted octanol–water partition coefficient (Wildman–Crippen LogP) is 3.93. The summed E-state index contributed by atoms with van der Waals surface area (Å²) in [6.07, 6.45) is 0.910. The average molecular weight is 414 g/mol. The summed E-state index contributed by atoms with van der Waals surface area (Å²) < 4.78 is 11.5. The molecule has 140 valence electrons. The quantitative estimate of drug-likeness (QED) is 0.478. The number of ether oxygens (including phenoxy) is 2. The molecule has 5 nitrogen and oxygen atoms in total. The Bertz CT molecular complexity index is 596. The summed E-state index contributed by atoms with van der Waals surface area (Å²) in [4.78, 5) is 24.7. The molecule has 0 aliphatic rings. The van der Waals surface area contributed by atoms with E-state index in [1.807, 2.05) is 6.07 Å². The highest BCUT2D eigenvalue weighted by Gasteiger charge is 2.16. The molecule has 0 radical (unpaired) electrons. The Morgan fingerprint density at radius 2 is 1.92 bits per heavy atom. The number of hydrogen-bond acceptors (Lipinski definition) is 4. The maximum atomic E-state index is 12.0. The number of likely N-dealkylation sites (N-methyl/N-ethyl adjacent to an activating group) is 1. The molecule has 0 unspecified atom stereocenters. The molecule has 1 amide bonds. The average Bonchev–Trinajstić information content (AvgIpc) is 2.51. The van der Waals surface area contributed by atoms with Gasteiger partial charge in [-0.3, -0.25) is 9.59 Å². The molecule has 0 aliphatic heterocycles. The lowest BCUT2D eigenvalue weighted by molar-refractivity contribution is -0.148. The van der Waals surface area contributed by atoms with E-state index in [2.05, 4.69) is 48.8 Å². The van der Waals surface area contributed by atoms with Crippen molar-refractivity contribution in [1.82, 2.24) is 4.90 Å². The normalized spacial score (nSPS) is 11.1. The molecule has 25 heavy (non-hydrogen) atoms. The number of amides is 1. The maximum absolute atomic E-state index is 12.0. The number of nitrogens with zero attached hydrogens (tertiary/aromatic N) is 1. The zero-order chi connectivity index (χ0) is 19.0. The maximum Gasteiger partial charge on any atom is 0.325 e. The van der Waals surface area contributed by atoms with Crippen LogP contribution in [-0.2, 0) is 19.7 Å². The standard InChI is InChI=1S/C19H28BrNO4/c1-6-24-18(23)13-21(5)17(22)8-7-11-25-16-10-9-14(12-15(16)20)19(2,3)4/h9-10,12H,6-8,11,13H2,1-5H3. The van der Waals surface area contributed by atoms with Gasteiger partial charge >= 0.3 is 5.97 Å². The molecule has 0 saturated heterocycles. The van der Waals surface area contributed by atoms with E-state index >= 15 is 0 Å². The zero-order valence-electron chi connectivity index (χ0n) is 15.7. The number of hydrogen-bond donors (Lipinski definition) is 0. The minimum Gasteiger partial charge on any atom is -0.492 e. The van der Waals surface area contributed by atoms with Gasteiger partial charge in [-0.2, -0.15) is 0 Å². The van der Waals surface area contributed by atoms with Gasteiger partial charge in [-0.1, -0.05) is 26.8 Å². The van der Waals surface area contributed by atoms with Crippen molar-refractivity contribution < 1.29 is 19.1 Å². The summed E-state index contributed by atoms with van der Waals surface area (Å²) in [7, 11) is 1.60. The van der Waals surface area contributed by atoms with E-state index in [4.69, 9.17) is 9.47 Å². The van der Waals surface area contributed by atoms with Crippen molar-refractivity contribution in [2.24, 2.45) is 0 Å². The summed E-state index contributed by atoms with van der Waals surface area (Å²) in [5.41, 5.74) is 1.30. The summed E-state index contributed by atoms with van der Waals surface area (Å²) in [6.45, 7) is 8.95. The fourth-order valence-corrected chi connectivity index (χ4v) is 2.66. The fraction of sp³-hybridized carbons (Fsp3) is 0.579. The van der Waals surface area contributed by atoms with Crippen molar-refractivity contribution >= 4 is 27.8 Å². The Balaban J connectivity index is 2.40. The highest BCUT2D eigenvalue weighted by Crippen LogP contribution is 2.31. The summed E-state index contributed by atoms with van der Waals surface area (Å²) in [6, 6.07) is 6.06. The van der Waals surface area contributed by atoms with Crippen LogP contribution in [-0.4, -0.2) is 43.6 Å².